The Labute approximate surface area is 92.6 Å². The normalized spacial score (nSPS) is 11.2. The Kier molecular flexibility index (Phi) is 4.05. The number of hydrogen-bond acceptors (Lipinski definition) is 6. The first-order valence-corrected chi connectivity index (χ1v) is 4.96. The number of aromatic nitrogens is 2. The lowest BCUT2D eigenvalue weighted by atomic mass is 10.4. The molecule has 0 aromatic carbocycles. The van der Waals surface area contributed by atoms with E-state index in [9.17, 15) is 18.0 Å². The molecule has 1 rings (SSSR count). The van der Waals surface area contributed by atoms with Gasteiger partial charge in [0.05, 0.1) is 13.5 Å². The van der Waals surface area contributed by atoms with E-state index in [4.69, 9.17) is 0 Å². The lowest BCUT2D eigenvalue weighted by Gasteiger charge is -2.00. The van der Waals surface area contributed by atoms with Crippen molar-refractivity contribution in [3.63, 3.8) is 0 Å². The van der Waals surface area contributed by atoms with Gasteiger partial charge in [-0.25, -0.2) is 0 Å². The second-order valence-electron chi connectivity index (χ2n) is 2.66. The molecule has 0 aliphatic heterocycles. The molecule has 0 fully saturated rings. The molecule has 0 saturated carbocycles. The number of alkyl halides is 3. The van der Waals surface area contributed by atoms with Crippen LogP contribution in [0.2, 0.25) is 0 Å². The van der Waals surface area contributed by atoms with Crippen LogP contribution in [0.1, 0.15) is 11.4 Å². The van der Waals surface area contributed by atoms with Gasteiger partial charge in [0, 0.05) is 6.54 Å². The molecule has 90 valence electrons. The Hall–Kier alpha value is -1.38. The molecule has 0 unspecified atom stereocenters. The quantitative estimate of drug-likeness (QED) is 0.826. The van der Waals surface area contributed by atoms with Crippen molar-refractivity contribution >= 4 is 22.4 Å². The molecule has 1 N–H and O–H groups in total. The van der Waals surface area contributed by atoms with E-state index in [0.29, 0.717) is 11.3 Å². The third-order valence-corrected chi connectivity index (χ3v) is 2.43. The summed E-state index contributed by atoms with van der Waals surface area (Å²) in [6.45, 7) is 0.152. The van der Waals surface area contributed by atoms with Gasteiger partial charge < -0.3 is 10.1 Å². The van der Waals surface area contributed by atoms with E-state index in [1.807, 2.05) is 0 Å². The molecule has 1 aromatic heterocycles. The Balaban J connectivity index is 2.44. The molecule has 0 aliphatic carbocycles. The van der Waals surface area contributed by atoms with Crippen LogP contribution in [0.3, 0.4) is 0 Å². The first-order chi connectivity index (χ1) is 7.43. The summed E-state index contributed by atoms with van der Waals surface area (Å²) in [6, 6.07) is 0. The van der Waals surface area contributed by atoms with Gasteiger partial charge in [0.1, 0.15) is 0 Å². The molecular weight excluding hydrogens is 247 g/mol. The van der Waals surface area contributed by atoms with Gasteiger partial charge in [0.15, 0.2) is 0 Å². The number of anilines is 1. The van der Waals surface area contributed by atoms with Crippen LogP contribution in [0.4, 0.5) is 18.3 Å². The SMILES string of the molecule is COC(=O)CCNc1nnc(C(F)(F)F)s1. The maximum atomic E-state index is 12.1. The average Bonchev–Trinajstić information content (AvgIpc) is 2.65. The number of nitrogens with one attached hydrogen (secondary N) is 1. The maximum absolute atomic E-state index is 12.1. The smallest absolute Gasteiger partial charge is 0.445 e. The van der Waals surface area contributed by atoms with Crippen molar-refractivity contribution in [2.45, 2.75) is 12.6 Å². The van der Waals surface area contributed by atoms with Gasteiger partial charge in [0.2, 0.25) is 10.1 Å². The second kappa shape index (κ2) is 5.10. The molecule has 0 saturated heterocycles. The van der Waals surface area contributed by atoms with Crippen LogP contribution in [0.5, 0.6) is 0 Å². The minimum Gasteiger partial charge on any atom is -0.469 e. The molecule has 0 atom stereocenters. The number of hydrogen-bond donors (Lipinski definition) is 1. The summed E-state index contributed by atoms with van der Waals surface area (Å²) in [5.41, 5.74) is 0. The standard InChI is InChI=1S/C7H8F3N3O2S/c1-15-4(14)2-3-11-6-13-12-5(16-6)7(8,9)10/h2-3H2,1H3,(H,11,13). The zero-order valence-electron chi connectivity index (χ0n) is 8.17. The predicted octanol–water partition coefficient (Wildman–Crippen LogP) is 1.53. The highest BCUT2D eigenvalue weighted by atomic mass is 32.1. The topological polar surface area (TPSA) is 64.1 Å². The van der Waals surface area contributed by atoms with Gasteiger partial charge >= 0.3 is 12.1 Å². The Morgan fingerprint density at radius 3 is 2.69 bits per heavy atom. The number of carbonyl (C=O) groups is 1. The fourth-order valence-corrected chi connectivity index (χ4v) is 1.42. The third kappa shape index (κ3) is 3.65. The molecule has 9 heteroatoms. The van der Waals surface area contributed by atoms with E-state index in [1.54, 1.807) is 0 Å². The molecule has 0 spiro atoms. The van der Waals surface area contributed by atoms with Crippen molar-refractivity contribution < 1.29 is 22.7 Å². The monoisotopic (exact) mass is 255 g/mol. The Bertz CT molecular complexity index is 366. The molecule has 1 aromatic rings. The summed E-state index contributed by atoms with van der Waals surface area (Å²) in [4.78, 5) is 10.7. The number of ether oxygens (including phenoxy) is 1. The molecule has 5 nitrogen and oxygen atoms in total. The molecule has 16 heavy (non-hydrogen) atoms. The van der Waals surface area contributed by atoms with Crippen LogP contribution in [-0.4, -0.2) is 29.8 Å². The fourth-order valence-electron chi connectivity index (χ4n) is 0.783. The van der Waals surface area contributed by atoms with Crippen LogP contribution in [0.15, 0.2) is 0 Å². The molecule has 0 radical (unpaired) electrons. The molecule has 0 amide bonds. The van der Waals surface area contributed by atoms with E-state index in [-0.39, 0.29) is 18.1 Å². The van der Waals surface area contributed by atoms with Gasteiger partial charge in [-0.05, 0) is 0 Å². The lowest BCUT2D eigenvalue weighted by molar-refractivity contribution is -0.140. The third-order valence-electron chi connectivity index (χ3n) is 1.50. The minimum atomic E-state index is -4.49. The van der Waals surface area contributed by atoms with Crippen molar-refractivity contribution in [3.8, 4) is 0 Å². The summed E-state index contributed by atoms with van der Waals surface area (Å²) >= 11 is 0.389. The average molecular weight is 255 g/mol. The highest BCUT2D eigenvalue weighted by Gasteiger charge is 2.35. The number of halogens is 3. The highest BCUT2D eigenvalue weighted by Crippen LogP contribution is 2.32. The van der Waals surface area contributed by atoms with Crippen LogP contribution in [-0.2, 0) is 15.7 Å². The van der Waals surface area contributed by atoms with Crippen molar-refractivity contribution in [3.05, 3.63) is 5.01 Å². The highest BCUT2D eigenvalue weighted by molar-refractivity contribution is 7.15. The first kappa shape index (κ1) is 12.7. The zero-order chi connectivity index (χ0) is 12.2. The van der Waals surface area contributed by atoms with E-state index in [2.05, 4.69) is 20.3 Å². The summed E-state index contributed by atoms with van der Waals surface area (Å²) in [6.07, 6.45) is -4.43. The first-order valence-electron chi connectivity index (χ1n) is 4.15. The van der Waals surface area contributed by atoms with Gasteiger partial charge in [-0.2, -0.15) is 13.2 Å². The number of rotatable bonds is 4. The fraction of sp³-hybridized carbons (Fsp3) is 0.571. The van der Waals surface area contributed by atoms with E-state index in [0.717, 1.165) is 0 Å². The van der Waals surface area contributed by atoms with Gasteiger partial charge in [-0.3, -0.25) is 4.79 Å². The molecule has 0 bridgehead atoms. The van der Waals surface area contributed by atoms with Crippen LogP contribution >= 0.6 is 11.3 Å². The van der Waals surface area contributed by atoms with Crippen LogP contribution < -0.4 is 5.32 Å². The maximum Gasteiger partial charge on any atom is 0.445 e. The van der Waals surface area contributed by atoms with Gasteiger partial charge in [0.25, 0.3) is 0 Å². The van der Waals surface area contributed by atoms with Crippen molar-refractivity contribution in [1.82, 2.24) is 10.2 Å². The van der Waals surface area contributed by atoms with Crippen molar-refractivity contribution in [1.29, 1.82) is 0 Å². The minimum absolute atomic E-state index is 0.0243. The number of esters is 1. The van der Waals surface area contributed by atoms with E-state index in [1.165, 1.54) is 7.11 Å². The van der Waals surface area contributed by atoms with E-state index < -0.39 is 17.2 Å². The van der Waals surface area contributed by atoms with E-state index >= 15 is 0 Å². The molecule has 1 heterocycles. The summed E-state index contributed by atoms with van der Waals surface area (Å²) in [7, 11) is 1.23. The molecular formula is C7H8F3N3O2S. The Morgan fingerprint density at radius 2 is 2.19 bits per heavy atom. The number of nitrogens with zero attached hydrogens (tertiary/aromatic N) is 2. The lowest BCUT2D eigenvalue weighted by Crippen LogP contribution is -2.09. The van der Waals surface area contributed by atoms with Crippen LogP contribution in [0.25, 0.3) is 0 Å². The summed E-state index contributed by atoms with van der Waals surface area (Å²) in [5, 5.41) is 7.81. The number of methoxy groups -OCH3 is 1. The van der Waals surface area contributed by atoms with Crippen LogP contribution in [0, 0.1) is 0 Å². The largest absolute Gasteiger partial charge is 0.469 e. The molecule has 0 aliphatic rings. The summed E-state index contributed by atoms with van der Waals surface area (Å²) < 4.78 is 40.7. The predicted molar refractivity (Wildman–Crippen MR) is 50.0 cm³/mol. The van der Waals surface area contributed by atoms with Gasteiger partial charge in [-0.15, -0.1) is 10.2 Å². The Morgan fingerprint density at radius 1 is 1.50 bits per heavy atom. The van der Waals surface area contributed by atoms with Crippen molar-refractivity contribution in [2.24, 2.45) is 0 Å². The second-order valence-corrected chi connectivity index (χ2v) is 3.64. The van der Waals surface area contributed by atoms with Gasteiger partial charge in [-0.1, -0.05) is 11.3 Å². The number of carbonyl (C=O) groups excluding carboxylic acids is 1. The van der Waals surface area contributed by atoms with Crippen molar-refractivity contribution in [2.75, 3.05) is 19.0 Å². The zero-order valence-corrected chi connectivity index (χ0v) is 8.98. The summed E-state index contributed by atoms with van der Waals surface area (Å²) in [5.74, 6) is -0.451.